The minimum Gasteiger partial charge on any atom is -0.298 e. The summed E-state index contributed by atoms with van der Waals surface area (Å²) in [6.45, 7) is 2.06. The minimum atomic E-state index is 0.746. The molecule has 0 fully saturated rings. The molecule has 0 bridgehead atoms. The van der Waals surface area contributed by atoms with Gasteiger partial charge in [0.25, 0.3) is 0 Å². The molecule has 96 valence electrons. The van der Waals surface area contributed by atoms with Gasteiger partial charge in [-0.1, -0.05) is 23.9 Å². The molecule has 0 amide bonds. The molecule has 0 atom stereocenters. The third kappa shape index (κ3) is 2.59. The predicted molar refractivity (Wildman–Crippen MR) is 79.2 cm³/mol. The molecule has 19 heavy (non-hydrogen) atoms. The summed E-state index contributed by atoms with van der Waals surface area (Å²) in [5.41, 5.74) is 4.93. The smallest absolute Gasteiger partial charge is 0.150 e. The number of rotatable bonds is 3. The molecule has 0 radical (unpaired) electrons. The van der Waals surface area contributed by atoms with Gasteiger partial charge in [0.1, 0.15) is 6.29 Å². The summed E-state index contributed by atoms with van der Waals surface area (Å²) in [4.78, 5) is 13.3. The maximum absolute atomic E-state index is 10.7. The second kappa shape index (κ2) is 5.22. The van der Waals surface area contributed by atoms with E-state index < -0.39 is 0 Å². The molecule has 2 aromatic rings. The fourth-order valence-corrected chi connectivity index (χ4v) is 3.55. The van der Waals surface area contributed by atoms with Crippen LogP contribution in [0.3, 0.4) is 0 Å². The highest BCUT2D eigenvalue weighted by Gasteiger charge is 2.11. The van der Waals surface area contributed by atoms with Crippen LogP contribution in [0.25, 0.3) is 0 Å². The first kappa shape index (κ1) is 12.5. The quantitative estimate of drug-likeness (QED) is 0.765. The van der Waals surface area contributed by atoms with Crippen molar-refractivity contribution < 1.29 is 4.79 Å². The second-order valence-electron chi connectivity index (χ2n) is 5.03. The Balaban J connectivity index is 1.87. The van der Waals surface area contributed by atoms with Gasteiger partial charge < -0.3 is 0 Å². The third-order valence-corrected chi connectivity index (χ3v) is 4.80. The van der Waals surface area contributed by atoms with Gasteiger partial charge in [0, 0.05) is 15.4 Å². The van der Waals surface area contributed by atoms with Gasteiger partial charge in [-0.05, 0) is 67.1 Å². The lowest BCUT2D eigenvalue weighted by atomic mass is 10.1. The van der Waals surface area contributed by atoms with E-state index in [1.165, 1.54) is 40.2 Å². The van der Waals surface area contributed by atoms with E-state index in [1.807, 2.05) is 18.2 Å². The van der Waals surface area contributed by atoms with Crippen molar-refractivity contribution >= 4 is 18.0 Å². The Labute approximate surface area is 118 Å². The summed E-state index contributed by atoms with van der Waals surface area (Å²) >= 11 is 1.78. The Hall–Kier alpha value is -1.54. The van der Waals surface area contributed by atoms with Crippen LogP contribution in [-0.4, -0.2) is 6.29 Å². The van der Waals surface area contributed by atoms with Gasteiger partial charge in [0.2, 0.25) is 0 Å². The third-order valence-electron chi connectivity index (χ3n) is 3.63. The van der Waals surface area contributed by atoms with Crippen LogP contribution in [0, 0.1) is 6.92 Å². The normalized spacial score (nSPS) is 13.3. The molecule has 2 aromatic carbocycles. The Morgan fingerprint density at radius 2 is 1.89 bits per heavy atom. The van der Waals surface area contributed by atoms with Crippen LogP contribution in [0.5, 0.6) is 0 Å². The van der Waals surface area contributed by atoms with Crippen LogP contribution in [-0.2, 0) is 12.8 Å². The maximum Gasteiger partial charge on any atom is 0.150 e. The maximum atomic E-state index is 10.7. The molecule has 2 heteroatoms. The lowest BCUT2D eigenvalue weighted by molar-refractivity contribution is 0.112. The molecule has 0 saturated heterocycles. The van der Waals surface area contributed by atoms with E-state index >= 15 is 0 Å². The molecule has 0 unspecified atom stereocenters. The van der Waals surface area contributed by atoms with Gasteiger partial charge in [-0.15, -0.1) is 0 Å². The highest BCUT2D eigenvalue weighted by molar-refractivity contribution is 7.99. The lowest BCUT2D eigenvalue weighted by Gasteiger charge is -2.08. The largest absolute Gasteiger partial charge is 0.298 e. The molecule has 0 aromatic heterocycles. The fraction of sp³-hybridized carbons (Fsp3) is 0.235. The summed E-state index contributed by atoms with van der Waals surface area (Å²) in [6, 6.07) is 12.7. The van der Waals surface area contributed by atoms with Crippen LogP contribution >= 0.6 is 11.8 Å². The Morgan fingerprint density at radius 1 is 1.05 bits per heavy atom. The number of hydrogen-bond donors (Lipinski definition) is 0. The number of carbonyl (C=O) groups excluding carboxylic acids is 1. The van der Waals surface area contributed by atoms with Crippen molar-refractivity contribution in [2.75, 3.05) is 0 Å². The van der Waals surface area contributed by atoms with E-state index in [-0.39, 0.29) is 0 Å². The van der Waals surface area contributed by atoms with E-state index in [0.717, 1.165) is 17.4 Å². The lowest BCUT2D eigenvalue weighted by Crippen LogP contribution is -1.86. The number of aldehydes is 1. The van der Waals surface area contributed by atoms with Crippen molar-refractivity contribution in [3.8, 4) is 0 Å². The molecule has 0 aliphatic heterocycles. The van der Waals surface area contributed by atoms with Crippen molar-refractivity contribution in [1.29, 1.82) is 0 Å². The number of benzene rings is 2. The Kier molecular flexibility index (Phi) is 3.43. The van der Waals surface area contributed by atoms with Gasteiger partial charge >= 0.3 is 0 Å². The monoisotopic (exact) mass is 268 g/mol. The van der Waals surface area contributed by atoms with Crippen molar-refractivity contribution in [2.45, 2.75) is 36.0 Å². The van der Waals surface area contributed by atoms with Crippen molar-refractivity contribution in [3.63, 3.8) is 0 Å². The highest BCUT2D eigenvalue weighted by Crippen LogP contribution is 2.33. The van der Waals surface area contributed by atoms with E-state index in [9.17, 15) is 4.79 Å². The molecule has 0 saturated carbocycles. The van der Waals surface area contributed by atoms with Gasteiger partial charge in [-0.3, -0.25) is 4.79 Å². The molecule has 0 spiro atoms. The summed E-state index contributed by atoms with van der Waals surface area (Å²) in [6.07, 6.45) is 4.63. The number of fused-ring (bicyclic) bond motifs is 1. The minimum absolute atomic E-state index is 0.746. The zero-order chi connectivity index (χ0) is 13.2. The molecule has 1 nitrogen and oxygen atoms in total. The van der Waals surface area contributed by atoms with Crippen LogP contribution in [0.4, 0.5) is 0 Å². The van der Waals surface area contributed by atoms with Gasteiger partial charge in [0.15, 0.2) is 0 Å². The topological polar surface area (TPSA) is 17.1 Å². The Bertz CT molecular complexity index is 631. The highest BCUT2D eigenvalue weighted by atomic mass is 32.2. The molecule has 1 aliphatic rings. The van der Waals surface area contributed by atoms with Crippen LogP contribution < -0.4 is 0 Å². The van der Waals surface area contributed by atoms with E-state index in [0.29, 0.717) is 0 Å². The number of hydrogen-bond acceptors (Lipinski definition) is 2. The van der Waals surface area contributed by atoms with Crippen molar-refractivity contribution in [2.24, 2.45) is 0 Å². The molecular weight excluding hydrogens is 252 g/mol. The first-order valence-corrected chi connectivity index (χ1v) is 7.43. The van der Waals surface area contributed by atoms with Gasteiger partial charge in [-0.2, -0.15) is 0 Å². The summed E-state index contributed by atoms with van der Waals surface area (Å²) in [5, 5.41) is 0. The van der Waals surface area contributed by atoms with Crippen molar-refractivity contribution in [3.05, 3.63) is 58.7 Å². The van der Waals surface area contributed by atoms with Crippen LogP contribution in [0.1, 0.15) is 33.5 Å². The number of aryl methyl sites for hydroxylation is 3. The van der Waals surface area contributed by atoms with Crippen molar-refractivity contribution in [1.82, 2.24) is 0 Å². The average molecular weight is 268 g/mol. The molecule has 0 heterocycles. The van der Waals surface area contributed by atoms with Crippen LogP contribution in [0.2, 0.25) is 0 Å². The molecule has 3 rings (SSSR count). The van der Waals surface area contributed by atoms with Crippen LogP contribution in [0.15, 0.2) is 46.2 Å². The SMILES string of the molecule is Cc1cc(C=O)ccc1Sc1ccc2c(c1)CCC2. The average Bonchev–Trinajstić information content (AvgIpc) is 2.88. The number of carbonyl (C=O) groups is 1. The zero-order valence-electron chi connectivity index (χ0n) is 11.0. The summed E-state index contributed by atoms with van der Waals surface area (Å²) in [5.74, 6) is 0. The predicted octanol–water partition coefficient (Wildman–Crippen LogP) is 4.45. The molecule has 0 N–H and O–H groups in total. The van der Waals surface area contributed by atoms with Gasteiger partial charge in [0.05, 0.1) is 0 Å². The van der Waals surface area contributed by atoms with E-state index in [1.54, 1.807) is 11.8 Å². The fourth-order valence-electron chi connectivity index (χ4n) is 2.60. The first-order valence-electron chi connectivity index (χ1n) is 6.62. The second-order valence-corrected chi connectivity index (χ2v) is 6.14. The van der Waals surface area contributed by atoms with E-state index in [4.69, 9.17) is 0 Å². The standard InChI is InChI=1S/C17H16OS/c1-12-9-13(11-18)5-8-17(12)19-16-7-6-14-3-2-4-15(14)10-16/h5-11H,2-4H2,1H3. The zero-order valence-corrected chi connectivity index (χ0v) is 11.8. The Morgan fingerprint density at radius 3 is 2.68 bits per heavy atom. The summed E-state index contributed by atoms with van der Waals surface area (Å²) in [7, 11) is 0. The summed E-state index contributed by atoms with van der Waals surface area (Å²) < 4.78 is 0. The van der Waals surface area contributed by atoms with Gasteiger partial charge in [-0.25, -0.2) is 0 Å². The van der Waals surface area contributed by atoms with E-state index in [2.05, 4.69) is 25.1 Å². The molecule has 1 aliphatic carbocycles. The molecular formula is C17H16OS. The first-order chi connectivity index (χ1) is 9.26.